The molecule has 0 fully saturated rings. The molecular weight excluding hydrogens is 186 g/mol. The summed E-state index contributed by atoms with van der Waals surface area (Å²) in [5.41, 5.74) is 0. The van der Waals surface area contributed by atoms with Gasteiger partial charge in [-0.1, -0.05) is 0 Å². The fourth-order valence-electron chi connectivity index (χ4n) is 0.891. The zero-order valence-electron chi connectivity index (χ0n) is 8.41. The van der Waals surface area contributed by atoms with Gasteiger partial charge in [0.1, 0.15) is 0 Å². The molecule has 0 spiro atoms. The number of nitrogens with one attached hydrogen (secondary N) is 1. The van der Waals surface area contributed by atoms with Gasteiger partial charge in [-0.2, -0.15) is 0 Å². The minimum absolute atomic E-state index is 0.0234. The Morgan fingerprint density at radius 1 is 1.29 bits per heavy atom. The molecule has 5 heteroatoms. The highest BCUT2D eigenvalue weighted by molar-refractivity contribution is 5.75. The molecule has 1 amide bonds. The molecule has 2 N–H and O–H groups in total. The van der Waals surface area contributed by atoms with Gasteiger partial charge in [0.05, 0.1) is 7.11 Å². The summed E-state index contributed by atoms with van der Waals surface area (Å²) in [5.74, 6) is -0.362. The molecule has 0 heterocycles. The van der Waals surface area contributed by atoms with E-state index in [1.807, 2.05) is 0 Å². The summed E-state index contributed by atoms with van der Waals surface area (Å²) in [7, 11) is 1.34. The zero-order valence-corrected chi connectivity index (χ0v) is 8.41. The Balaban J connectivity index is 3.27. The Morgan fingerprint density at radius 3 is 2.57 bits per heavy atom. The van der Waals surface area contributed by atoms with Crippen LogP contribution in [-0.2, 0) is 14.3 Å². The van der Waals surface area contributed by atoms with Crippen molar-refractivity contribution in [2.24, 2.45) is 0 Å². The van der Waals surface area contributed by atoms with E-state index in [9.17, 15) is 9.59 Å². The number of rotatable bonds is 7. The first kappa shape index (κ1) is 12.9. The van der Waals surface area contributed by atoms with Crippen molar-refractivity contribution in [1.29, 1.82) is 0 Å². The Kier molecular flexibility index (Phi) is 7.83. The average Bonchev–Trinajstić information content (AvgIpc) is 2.21. The van der Waals surface area contributed by atoms with E-state index in [0.29, 0.717) is 32.2 Å². The third-order valence-corrected chi connectivity index (χ3v) is 1.67. The highest BCUT2D eigenvalue weighted by Crippen LogP contribution is 1.91. The van der Waals surface area contributed by atoms with Gasteiger partial charge in [-0.15, -0.1) is 0 Å². The van der Waals surface area contributed by atoms with Gasteiger partial charge in [-0.3, -0.25) is 9.59 Å². The highest BCUT2D eigenvalue weighted by atomic mass is 16.5. The number of aliphatic hydroxyl groups is 1. The quantitative estimate of drug-likeness (QED) is 0.445. The lowest BCUT2D eigenvalue weighted by molar-refractivity contribution is -0.140. The van der Waals surface area contributed by atoms with E-state index in [-0.39, 0.29) is 18.5 Å². The van der Waals surface area contributed by atoms with Crippen molar-refractivity contribution in [3.8, 4) is 0 Å². The van der Waals surface area contributed by atoms with Crippen LogP contribution >= 0.6 is 0 Å². The number of methoxy groups -OCH3 is 1. The second-order valence-electron chi connectivity index (χ2n) is 2.86. The number of amides is 1. The lowest BCUT2D eigenvalue weighted by Gasteiger charge is -2.03. The van der Waals surface area contributed by atoms with Crippen molar-refractivity contribution in [3.05, 3.63) is 0 Å². The maximum Gasteiger partial charge on any atom is 0.305 e. The van der Waals surface area contributed by atoms with Gasteiger partial charge in [-0.25, -0.2) is 0 Å². The molecule has 0 atom stereocenters. The number of hydrogen-bond acceptors (Lipinski definition) is 4. The van der Waals surface area contributed by atoms with E-state index in [4.69, 9.17) is 5.11 Å². The zero-order chi connectivity index (χ0) is 10.8. The summed E-state index contributed by atoms with van der Waals surface area (Å²) in [5, 5.41) is 11.1. The van der Waals surface area contributed by atoms with Crippen LogP contribution in [0.15, 0.2) is 0 Å². The Labute approximate surface area is 83.4 Å². The monoisotopic (exact) mass is 203 g/mol. The molecule has 0 aliphatic rings. The van der Waals surface area contributed by atoms with E-state index in [2.05, 4.69) is 10.1 Å². The van der Waals surface area contributed by atoms with Crippen molar-refractivity contribution < 1.29 is 19.4 Å². The van der Waals surface area contributed by atoms with Crippen LogP contribution in [-0.4, -0.2) is 37.2 Å². The van der Waals surface area contributed by atoms with Gasteiger partial charge in [0.15, 0.2) is 0 Å². The summed E-state index contributed by atoms with van der Waals surface area (Å²) in [6.45, 7) is 0.495. The van der Waals surface area contributed by atoms with Crippen LogP contribution in [0.3, 0.4) is 0 Å². The first-order chi connectivity index (χ1) is 6.70. The van der Waals surface area contributed by atoms with Gasteiger partial charge >= 0.3 is 5.97 Å². The molecule has 0 saturated carbocycles. The molecule has 0 aromatic carbocycles. The summed E-state index contributed by atoms with van der Waals surface area (Å²) in [4.78, 5) is 21.6. The number of carbonyl (C=O) groups excluding carboxylic acids is 2. The molecule has 14 heavy (non-hydrogen) atoms. The molecular formula is C9H17NO4. The molecule has 0 bridgehead atoms. The summed E-state index contributed by atoms with van der Waals surface area (Å²) >= 11 is 0. The second-order valence-corrected chi connectivity index (χ2v) is 2.86. The molecule has 0 aromatic rings. The number of hydrogen-bond donors (Lipinski definition) is 2. The molecule has 0 saturated heterocycles. The van der Waals surface area contributed by atoms with E-state index in [1.165, 1.54) is 7.11 Å². The fraction of sp³-hybridized carbons (Fsp3) is 0.778. The minimum atomic E-state index is -0.269. The van der Waals surface area contributed by atoms with Crippen molar-refractivity contribution in [2.75, 3.05) is 20.3 Å². The van der Waals surface area contributed by atoms with Gasteiger partial charge < -0.3 is 15.2 Å². The maximum absolute atomic E-state index is 11.0. The van der Waals surface area contributed by atoms with Gasteiger partial charge in [0, 0.05) is 26.0 Å². The van der Waals surface area contributed by atoms with E-state index in [1.54, 1.807) is 0 Å². The number of aliphatic hydroxyl groups excluding tert-OH is 1. The lowest BCUT2D eigenvalue weighted by atomic mass is 10.3. The van der Waals surface area contributed by atoms with E-state index >= 15 is 0 Å². The molecule has 0 aliphatic heterocycles. The smallest absolute Gasteiger partial charge is 0.305 e. The Bertz CT molecular complexity index is 182. The molecule has 0 aromatic heterocycles. The molecule has 0 aliphatic carbocycles. The molecule has 0 rings (SSSR count). The normalized spacial score (nSPS) is 9.57. The molecule has 0 unspecified atom stereocenters. The van der Waals surface area contributed by atoms with E-state index in [0.717, 1.165) is 0 Å². The number of carbonyl (C=O) groups is 2. The topological polar surface area (TPSA) is 75.6 Å². The third-order valence-electron chi connectivity index (χ3n) is 1.67. The van der Waals surface area contributed by atoms with Gasteiger partial charge in [0.2, 0.25) is 5.91 Å². The predicted molar refractivity (Wildman–Crippen MR) is 50.6 cm³/mol. The van der Waals surface area contributed by atoms with Crippen LogP contribution in [0.1, 0.15) is 25.7 Å². The Morgan fingerprint density at radius 2 is 2.00 bits per heavy atom. The standard InChI is InChI=1S/C9H17NO4/c1-14-9(13)5-2-6-10-8(12)4-3-7-11/h11H,2-7H2,1H3,(H,10,12). The lowest BCUT2D eigenvalue weighted by Crippen LogP contribution is -2.24. The van der Waals surface area contributed by atoms with Crippen molar-refractivity contribution in [1.82, 2.24) is 5.32 Å². The van der Waals surface area contributed by atoms with Crippen LogP contribution in [0.2, 0.25) is 0 Å². The second kappa shape index (κ2) is 8.50. The van der Waals surface area contributed by atoms with Crippen LogP contribution in [0, 0.1) is 0 Å². The highest BCUT2D eigenvalue weighted by Gasteiger charge is 2.02. The van der Waals surface area contributed by atoms with Gasteiger partial charge in [-0.05, 0) is 12.8 Å². The van der Waals surface area contributed by atoms with Crippen molar-refractivity contribution >= 4 is 11.9 Å². The summed E-state index contributed by atoms with van der Waals surface area (Å²) in [6.07, 6.45) is 1.70. The number of esters is 1. The third kappa shape index (κ3) is 7.54. The number of ether oxygens (including phenoxy) is 1. The first-order valence-corrected chi connectivity index (χ1v) is 4.65. The average molecular weight is 203 g/mol. The van der Waals surface area contributed by atoms with E-state index < -0.39 is 0 Å². The Hall–Kier alpha value is -1.10. The fourth-order valence-corrected chi connectivity index (χ4v) is 0.891. The largest absolute Gasteiger partial charge is 0.469 e. The van der Waals surface area contributed by atoms with Crippen LogP contribution in [0.25, 0.3) is 0 Å². The predicted octanol–water partition coefficient (Wildman–Crippen LogP) is -0.172. The molecule has 0 radical (unpaired) electrons. The summed E-state index contributed by atoms with van der Waals surface area (Å²) in [6, 6.07) is 0. The van der Waals surface area contributed by atoms with Crippen molar-refractivity contribution in [3.63, 3.8) is 0 Å². The summed E-state index contributed by atoms with van der Waals surface area (Å²) < 4.78 is 4.44. The first-order valence-electron chi connectivity index (χ1n) is 4.65. The van der Waals surface area contributed by atoms with Crippen LogP contribution in [0.4, 0.5) is 0 Å². The van der Waals surface area contributed by atoms with Gasteiger partial charge in [0.25, 0.3) is 0 Å². The SMILES string of the molecule is COC(=O)CCCNC(=O)CCCO. The van der Waals surface area contributed by atoms with Crippen LogP contribution in [0.5, 0.6) is 0 Å². The minimum Gasteiger partial charge on any atom is -0.469 e. The van der Waals surface area contributed by atoms with Crippen molar-refractivity contribution in [2.45, 2.75) is 25.7 Å². The van der Waals surface area contributed by atoms with Crippen LogP contribution < -0.4 is 5.32 Å². The molecule has 82 valence electrons. The maximum atomic E-state index is 11.0. The molecule has 5 nitrogen and oxygen atoms in total.